The maximum atomic E-state index is 12.6. The lowest BCUT2D eigenvalue weighted by Gasteiger charge is -2.23. The SMILES string of the molecule is C[C@@H](c1cc2ccsc2nc1Cl)N1C(=O)c2ccccc2C1=O. The van der Waals surface area contributed by atoms with E-state index in [1.54, 1.807) is 31.2 Å². The van der Waals surface area contributed by atoms with E-state index in [-0.39, 0.29) is 11.8 Å². The number of hydrogen-bond acceptors (Lipinski definition) is 4. The Morgan fingerprint density at radius 3 is 2.43 bits per heavy atom. The van der Waals surface area contributed by atoms with Gasteiger partial charge >= 0.3 is 0 Å². The van der Waals surface area contributed by atoms with Gasteiger partial charge in [-0.2, -0.15) is 0 Å². The van der Waals surface area contributed by atoms with Crippen molar-refractivity contribution in [1.82, 2.24) is 9.88 Å². The number of thiophene rings is 1. The summed E-state index contributed by atoms with van der Waals surface area (Å²) >= 11 is 7.79. The molecule has 4 nitrogen and oxygen atoms in total. The number of fused-ring (bicyclic) bond motifs is 2. The number of amides is 2. The molecule has 1 atom stereocenters. The summed E-state index contributed by atoms with van der Waals surface area (Å²) in [4.78, 5) is 31.6. The van der Waals surface area contributed by atoms with E-state index in [1.807, 2.05) is 17.5 Å². The molecule has 1 aromatic carbocycles. The van der Waals surface area contributed by atoms with Gasteiger partial charge in [-0.05, 0) is 36.6 Å². The Morgan fingerprint density at radius 1 is 1.13 bits per heavy atom. The molecular formula is C17H11ClN2O2S. The van der Waals surface area contributed by atoms with Crippen LogP contribution in [0.3, 0.4) is 0 Å². The lowest BCUT2D eigenvalue weighted by Crippen LogP contribution is -2.32. The summed E-state index contributed by atoms with van der Waals surface area (Å²) in [6.45, 7) is 1.79. The van der Waals surface area contributed by atoms with Crippen molar-refractivity contribution < 1.29 is 9.59 Å². The van der Waals surface area contributed by atoms with Gasteiger partial charge in [-0.3, -0.25) is 14.5 Å². The van der Waals surface area contributed by atoms with Crippen molar-refractivity contribution in [1.29, 1.82) is 0 Å². The normalized spacial score (nSPS) is 15.3. The molecule has 23 heavy (non-hydrogen) atoms. The van der Waals surface area contributed by atoms with Crippen molar-refractivity contribution in [3.8, 4) is 0 Å². The summed E-state index contributed by atoms with van der Waals surface area (Å²) in [5, 5.41) is 3.21. The van der Waals surface area contributed by atoms with Gasteiger partial charge in [0.2, 0.25) is 0 Å². The fourth-order valence-electron chi connectivity index (χ4n) is 2.88. The van der Waals surface area contributed by atoms with E-state index in [0.717, 1.165) is 10.2 Å². The third-order valence-corrected chi connectivity index (χ3v) is 5.21. The number of pyridine rings is 1. The molecular weight excluding hydrogens is 332 g/mol. The second-order valence-corrected chi connectivity index (χ2v) is 6.64. The summed E-state index contributed by atoms with van der Waals surface area (Å²) in [7, 11) is 0. The van der Waals surface area contributed by atoms with E-state index in [0.29, 0.717) is 21.8 Å². The maximum absolute atomic E-state index is 12.6. The third kappa shape index (κ3) is 2.08. The lowest BCUT2D eigenvalue weighted by atomic mass is 10.1. The number of aromatic nitrogens is 1. The minimum atomic E-state index is -0.480. The van der Waals surface area contributed by atoms with Crippen LogP contribution >= 0.6 is 22.9 Å². The van der Waals surface area contributed by atoms with Gasteiger partial charge in [0.15, 0.2) is 0 Å². The first-order valence-corrected chi connectivity index (χ1v) is 8.34. The van der Waals surface area contributed by atoms with Crippen LogP contribution in [0.2, 0.25) is 5.15 Å². The molecule has 114 valence electrons. The van der Waals surface area contributed by atoms with E-state index < -0.39 is 6.04 Å². The van der Waals surface area contributed by atoms with Gasteiger partial charge in [-0.15, -0.1) is 11.3 Å². The van der Waals surface area contributed by atoms with Crippen LogP contribution in [0.25, 0.3) is 10.2 Å². The summed E-state index contributed by atoms with van der Waals surface area (Å²) in [6.07, 6.45) is 0. The van der Waals surface area contributed by atoms with Gasteiger partial charge in [-0.1, -0.05) is 23.7 Å². The Balaban J connectivity index is 1.80. The predicted octanol–water partition coefficient (Wildman–Crippen LogP) is 4.31. The van der Waals surface area contributed by atoms with Gasteiger partial charge in [-0.25, -0.2) is 4.98 Å². The van der Waals surface area contributed by atoms with Crippen molar-refractivity contribution in [2.45, 2.75) is 13.0 Å². The zero-order valence-corrected chi connectivity index (χ0v) is 13.7. The average molecular weight is 343 g/mol. The van der Waals surface area contributed by atoms with Crippen molar-refractivity contribution in [3.63, 3.8) is 0 Å². The smallest absolute Gasteiger partial charge is 0.262 e. The maximum Gasteiger partial charge on any atom is 0.262 e. The molecule has 0 unspecified atom stereocenters. The Bertz CT molecular complexity index is 931. The molecule has 0 N–H and O–H groups in total. The molecule has 1 aliphatic heterocycles. The van der Waals surface area contributed by atoms with Crippen LogP contribution in [-0.2, 0) is 0 Å². The van der Waals surface area contributed by atoms with Gasteiger partial charge in [0.25, 0.3) is 11.8 Å². The molecule has 3 aromatic rings. The fourth-order valence-corrected chi connectivity index (χ4v) is 3.98. The molecule has 2 aromatic heterocycles. The second kappa shape index (κ2) is 5.15. The second-order valence-electron chi connectivity index (χ2n) is 5.39. The fraction of sp³-hybridized carbons (Fsp3) is 0.118. The first-order valence-electron chi connectivity index (χ1n) is 7.08. The first kappa shape index (κ1) is 14.4. The largest absolute Gasteiger partial charge is 0.269 e. The van der Waals surface area contributed by atoms with Crippen LogP contribution < -0.4 is 0 Å². The Labute approximate surface area is 141 Å². The highest BCUT2D eigenvalue weighted by Gasteiger charge is 2.39. The molecule has 0 radical (unpaired) electrons. The van der Waals surface area contributed by atoms with Crippen LogP contribution in [0.5, 0.6) is 0 Å². The van der Waals surface area contributed by atoms with Crippen LogP contribution in [0.4, 0.5) is 0 Å². The molecule has 1 aliphatic rings. The van der Waals surface area contributed by atoms with Crippen LogP contribution in [0.15, 0.2) is 41.8 Å². The van der Waals surface area contributed by atoms with Gasteiger partial charge in [0, 0.05) is 10.9 Å². The predicted molar refractivity (Wildman–Crippen MR) is 90.0 cm³/mol. The number of carbonyl (C=O) groups excluding carboxylic acids is 2. The minimum absolute atomic E-state index is 0.292. The van der Waals surface area contributed by atoms with Crippen LogP contribution in [0.1, 0.15) is 39.2 Å². The average Bonchev–Trinajstić information content (AvgIpc) is 3.09. The third-order valence-electron chi connectivity index (χ3n) is 4.09. The standard InChI is InChI=1S/C17H11ClN2O2S/c1-9(13-8-10-6-7-23-15(10)19-14(13)18)20-16(21)11-4-2-3-5-12(11)17(20)22/h2-9H,1H3/t9-/m0/s1. The van der Waals surface area contributed by atoms with Crippen molar-refractivity contribution >= 4 is 45.0 Å². The Hall–Kier alpha value is -2.24. The highest BCUT2D eigenvalue weighted by Crippen LogP contribution is 2.35. The van der Waals surface area contributed by atoms with Crippen molar-refractivity contribution in [2.24, 2.45) is 0 Å². The summed E-state index contributed by atoms with van der Waals surface area (Å²) in [5.41, 5.74) is 1.54. The summed E-state index contributed by atoms with van der Waals surface area (Å²) in [6, 6.07) is 10.2. The monoisotopic (exact) mass is 342 g/mol. The Kier molecular flexibility index (Phi) is 3.21. The Morgan fingerprint density at radius 2 is 1.78 bits per heavy atom. The number of nitrogens with zero attached hydrogens (tertiary/aromatic N) is 2. The topological polar surface area (TPSA) is 50.3 Å². The zero-order chi connectivity index (χ0) is 16.1. The molecule has 2 amide bonds. The minimum Gasteiger partial charge on any atom is -0.269 e. The molecule has 0 saturated heterocycles. The molecule has 0 bridgehead atoms. The van der Waals surface area contributed by atoms with Crippen LogP contribution in [0, 0.1) is 0 Å². The molecule has 0 fully saturated rings. The molecule has 3 heterocycles. The van der Waals surface area contributed by atoms with Crippen molar-refractivity contribution in [3.05, 3.63) is 63.6 Å². The number of imide groups is 1. The van der Waals surface area contributed by atoms with E-state index in [1.165, 1.54) is 16.2 Å². The number of benzene rings is 1. The van der Waals surface area contributed by atoms with E-state index in [4.69, 9.17) is 11.6 Å². The number of rotatable bonds is 2. The van der Waals surface area contributed by atoms with Gasteiger partial charge in [0.1, 0.15) is 9.98 Å². The zero-order valence-electron chi connectivity index (χ0n) is 12.1. The van der Waals surface area contributed by atoms with E-state index >= 15 is 0 Å². The first-order chi connectivity index (χ1) is 11.1. The molecule has 0 aliphatic carbocycles. The molecule has 0 spiro atoms. The van der Waals surface area contributed by atoms with Crippen LogP contribution in [-0.4, -0.2) is 21.7 Å². The van der Waals surface area contributed by atoms with Gasteiger partial charge in [0.05, 0.1) is 17.2 Å². The summed E-state index contributed by atoms with van der Waals surface area (Å²) in [5.74, 6) is -0.584. The van der Waals surface area contributed by atoms with E-state index in [2.05, 4.69) is 4.98 Å². The lowest BCUT2D eigenvalue weighted by molar-refractivity contribution is 0.0595. The number of carbonyl (C=O) groups is 2. The molecule has 6 heteroatoms. The highest BCUT2D eigenvalue weighted by atomic mass is 35.5. The highest BCUT2D eigenvalue weighted by molar-refractivity contribution is 7.16. The molecule has 0 saturated carbocycles. The summed E-state index contributed by atoms with van der Waals surface area (Å²) < 4.78 is 0. The van der Waals surface area contributed by atoms with Gasteiger partial charge < -0.3 is 0 Å². The quantitative estimate of drug-likeness (QED) is 0.515. The van der Waals surface area contributed by atoms with E-state index in [9.17, 15) is 9.59 Å². The van der Waals surface area contributed by atoms with Crippen molar-refractivity contribution in [2.75, 3.05) is 0 Å². The number of halogens is 1. The number of hydrogen-bond donors (Lipinski definition) is 0. The molecule has 4 rings (SSSR count).